The molecular weight excluding hydrogens is 542 g/mol. The Morgan fingerprint density at radius 1 is 1.12 bits per heavy atom. The quantitative estimate of drug-likeness (QED) is 0.230. The standard InChI is InChI=1S/C30H29N5O5S/c1-18(26-10-19(14-31)16-41-26)33-29(38)25-13-30(39-8-9-40-30)17-35(25)27(36)15-32-28(37)22-7-6-21-11-20-4-2-3-5-23(20)34-24(21)12-22/h2-7,10-12,14,16,18,25,31H,8-9,13,15,17H2,1H3,(H,32,37)(H,33,38)/t18-,25+/m1/s1. The fourth-order valence-corrected chi connectivity index (χ4v) is 6.24. The number of hydrogen-bond acceptors (Lipinski definition) is 8. The highest BCUT2D eigenvalue weighted by Crippen LogP contribution is 2.35. The van der Waals surface area contributed by atoms with Crippen molar-refractivity contribution in [3.63, 3.8) is 0 Å². The van der Waals surface area contributed by atoms with Crippen LogP contribution in [0.1, 0.15) is 40.2 Å². The van der Waals surface area contributed by atoms with Crippen LogP contribution in [0.5, 0.6) is 0 Å². The number of nitrogens with zero attached hydrogens (tertiary/aromatic N) is 2. The molecule has 10 nitrogen and oxygen atoms in total. The van der Waals surface area contributed by atoms with Crippen LogP contribution in [0.15, 0.2) is 60.0 Å². The minimum Gasteiger partial charge on any atom is -0.347 e. The van der Waals surface area contributed by atoms with Crippen LogP contribution in [0.25, 0.3) is 21.8 Å². The molecule has 41 heavy (non-hydrogen) atoms. The smallest absolute Gasteiger partial charge is 0.251 e. The van der Waals surface area contributed by atoms with E-state index in [1.54, 1.807) is 12.1 Å². The van der Waals surface area contributed by atoms with Gasteiger partial charge >= 0.3 is 0 Å². The van der Waals surface area contributed by atoms with Gasteiger partial charge in [0.15, 0.2) is 5.79 Å². The number of aromatic nitrogens is 1. The third kappa shape index (κ3) is 5.43. The highest BCUT2D eigenvalue weighted by molar-refractivity contribution is 7.10. The third-order valence-electron chi connectivity index (χ3n) is 7.50. The van der Waals surface area contributed by atoms with Crippen molar-refractivity contribution in [2.24, 2.45) is 0 Å². The number of fused-ring (bicyclic) bond motifs is 2. The number of thiophene rings is 1. The summed E-state index contributed by atoms with van der Waals surface area (Å²) in [6, 6.07) is 15.8. The van der Waals surface area contributed by atoms with Crippen molar-refractivity contribution >= 4 is 57.1 Å². The molecule has 2 aromatic carbocycles. The maximum atomic E-state index is 13.4. The number of likely N-dealkylation sites (tertiary alicyclic amines) is 1. The molecule has 4 aromatic rings. The Morgan fingerprint density at radius 2 is 1.90 bits per heavy atom. The average Bonchev–Trinajstić information content (AvgIpc) is 3.75. The van der Waals surface area contributed by atoms with Gasteiger partial charge in [-0.05, 0) is 42.6 Å². The van der Waals surface area contributed by atoms with E-state index in [0.29, 0.717) is 24.3 Å². The van der Waals surface area contributed by atoms with Gasteiger partial charge in [0.25, 0.3) is 5.91 Å². The second-order valence-corrected chi connectivity index (χ2v) is 11.2. The van der Waals surface area contributed by atoms with Gasteiger partial charge in [0.1, 0.15) is 6.04 Å². The van der Waals surface area contributed by atoms with E-state index in [2.05, 4.69) is 15.6 Å². The molecule has 2 saturated heterocycles. The fraction of sp³-hybridized carbons (Fsp3) is 0.300. The van der Waals surface area contributed by atoms with Gasteiger partial charge in [-0.15, -0.1) is 11.3 Å². The lowest BCUT2D eigenvalue weighted by molar-refractivity contribution is -0.152. The first-order valence-electron chi connectivity index (χ1n) is 13.4. The summed E-state index contributed by atoms with van der Waals surface area (Å²) in [5.74, 6) is -2.18. The molecule has 2 aromatic heterocycles. The Labute approximate surface area is 240 Å². The Hall–Kier alpha value is -4.19. The summed E-state index contributed by atoms with van der Waals surface area (Å²) in [7, 11) is 0. The molecule has 4 heterocycles. The van der Waals surface area contributed by atoms with Crippen LogP contribution in [0, 0.1) is 5.41 Å². The predicted octanol–water partition coefficient (Wildman–Crippen LogP) is 3.40. The highest BCUT2D eigenvalue weighted by atomic mass is 32.1. The van der Waals surface area contributed by atoms with Gasteiger partial charge in [-0.2, -0.15) is 0 Å². The van der Waals surface area contributed by atoms with Crippen LogP contribution in [0.4, 0.5) is 0 Å². The third-order valence-corrected chi connectivity index (χ3v) is 8.64. The molecule has 2 aliphatic rings. The molecule has 0 saturated carbocycles. The maximum absolute atomic E-state index is 13.4. The van der Waals surface area contributed by atoms with Crippen LogP contribution >= 0.6 is 11.3 Å². The van der Waals surface area contributed by atoms with Crippen LogP contribution in [0.2, 0.25) is 0 Å². The summed E-state index contributed by atoms with van der Waals surface area (Å²) in [5.41, 5.74) is 2.67. The van der Waals surface area contributed by atoms with Crippen molar-refractivity contribution in [1.82, 2.24) is 20.5 Å². The van der Waals surface area contributed by atoms with E-state index in [4.69, 9.17) is 14.9 Å². The maximum Gasteiger partial charge on any atom is 0.251 e. The van der Waals surface area contributed by atoms with Crippen LogP contribution in [-0.2, 0) is 19.1 Å². The van der Waals surface area contributed by atoms with Crippen molar-refractivity contribution in [3.05, 3.63) is 76.0 Å². The van der Waals surface area contributed by atoms with Crippen molar-refractivity contribution in [2.75, 3.05) is 26.3 Å². The van der Waals surface area contributed by atoms with Crippen molar-refractivity contribution in [3.8, 4) is 0 Å². The zero-order chi connectivity index (χ0) is 28.6. The van der Waals surface area contributed by atoms with E-state index in [9.17, 15) is 14.4 Å². The first kappa shape index (κ1) is 27.0. The average molecular weight is 572 g/mol. The minimum absolute atomic E-state index is 0.0953. The van der Waals surface area contributed by atoms with E-state index in [0.717, 1.165) is 26.7 Å². The topological polar surface area (TPSA) is 134 Å². The van der Waals surface area contributed by atoms with Gasteiger partial charge in [-0.25, -0.2) is 4.98 Å². The molecular formula is C30H29N5O5S. The molecule has 2 fully saturated rings. The molecule has 210 valence electrons. The lowest BCUT2D eigenvalue weighted by Gasteiger charge is -2.25. The number of pyridine rings is 1. The Balaban J connectivity index is 1.14. The number of para-hydroxylation sites is 1. The number of carbonyl (C=O) groups is 3. The van der Waals surface area contributed by atoms with Crippen molar-refractivity contribution < 1.29 is 23.9 Å². The highest BCUT2D eigenvalue weighted by Gasteiger charge is 2.52. The molecule has 3 N–H and O–H groups in total. The molecule has 0 bridgehead atoms. The molecule has 3 amide bonds. The first-order chi connectivity index (χ1) is 19.8. The first-order valence-corrected chi connectivity index (χ1v) is 14.3. The predicted molar refractivity (Wildman–Crippen MR) is 155 cm³/mol. The van der Waals surface area contributed by atoms with Crippen molar-refractivity contribution in [1.29, 1.82) is 5.41 Å². The molecule has 2 atom stereocenters. The molecule has 0 radical (unpaired) electrons. The summed E-state index contributed by atoms with van der Waals surface area (Å²) in [5, 5.41) is 16.9. The van der Waals surface area contributed by atoms with Gasteiger partial charge in [-0.1, -0.05) is 24.3 Å². The Bertz CT molecular complexity index is 1660. The lowest BCUT2D eigenvalue weighted by atomic mass is 10.1. The minimum atomic E-state index is -1.03. The fourth-order valence-electron chi connectivity index (χ4n) is 5.37. The van der Waals surface area contributed by atoms with E-state index in [-0.39, 0.29) is 31.5 Å². The summed E-state index contributed by atoms with van der Waals surface area (Å²) in [6.07, 6.45) is 1.46. The van der Waals surface area contributed by atoms with Crippen LogP contribution in [0.3, 0.4) is 0 Å². The second-order valence-electron chi connectivity index (χ2n) is 10.3. The summed E-state index contributed by atoms with van der Waals surface area (Å²) in [4.78, 5) is 46.8. The Morgan fingerprint density at radius 3 is 2.68 bits per heavy atom. The monoisotopic (exact) mass is 571 g/mol. The number of carbonyl (C=O) groups excluding carboxylic acids is 3. The Kier molecular flexibility index (Phi) is 7.24. The van der Waals surface area contributed by atoms with Gasteiger partial charge in [0.2, 0.25) is 11.8 Å². The molecule has 0 unspecified atom stereocenters. The van der Waals surface area contributed by atoms with Gasteiger partial charge in [0.05, 0.1) is 43.4 Å². The molecule has 11 heteroatoms. The molecule has 2 aliphatic heterocycles. The summed E-state index contributed by atoms with van der Waals surface area (Å²) in [6.45, 7) is 2.44. The van der Waals surface area contributed by atoms with Gasteiger partial charge in [0, 0.05) is 39.4 Å². The zero-order valence-corrected chi connectivity index (χ0v) is 23.2. The molecule has 0 aliphatic carbocycles. The summed E-state index contributed by atoms with van der Waals surface area (Å²) >= 11 is 1.46. The lowest BCUT2D eigenvalue weighted by Crippen LogP contribution is -2.49. The van der Waals surface area contributed by atoms with E-state index in [1.165, 1.54) is 22.5 Å². The number of rotatable bonds is 7. The van der Waals surface area contributed by atoms with E-state index >= 15 is 0 Å². The SMILES string of the molecule is C[C@@H](NC(=O)[C@@H]1CC2(CN1C(=O)CNC(=O)c1ccc3cc4ccccc4nc3c1)OCCO2)c1cc(C=N)cs1. The molecule has 6 rings (SSSR count). The number of hydrogen-bond donors (Lipinski definition) is 3. The van der Waals surface area contributed by atoms with Gasteiger partial charge < -0.3 is 30.4 Å². The van der Waals surface area contributed by atoms with Crippen LogP contribution < -0.4 is 10.6 Å². The normalized spacial score (nSPS) is 18.6. The van der Waals surface area contributed by atoms with E-state index < -0.39 is 23.6 Å². The number of benzene rings is 2. The number of ether oxygens (including phenoxy) is 2. The zero-order valence-electron chi connectivity index (χ0n) is 22.4. The van der Waals surface area contributed by atoms with Crippen molar-refractivity contribution in [2.45, 2.75) is 31.2 Å². The number of nitrogens with one attached hydrogen (secondary N) is 3. The van der Waals surface area contributed by atoms with Gasteiger partial charge in [-0.3, -0.25) is 14.4 Å². The largest absolute Gasteiger partial charge is 0.347 e. The van der Waals surface area contributed by atoms with E-state index in [1.807, 2.05) is 54.8 Å². The molecule has 1 spiro atoms. The number of amides is 3. The van der Waals surface area contributed by atoms with Crippen LogP contribution in [-0.4, -0.2) is 72.0 Å². The second kappa shape index (κ2) is 11.0. The summed E-state index contributed by atoms with van der Waals surface area (Å²) < 4.78 is 11.6.